The quantitative estimate of drug-likeness (QED) is 0.235. The van der Waals surface area contributed by atoms with Crippen LogP contribution >= 0.6 is 0 Å². The van der Waals surface area contributed by atoms with Crippen LogP contribution in [0.3, 0.4) is 0 Å². The van der Waals surface area contributed by atoms with Crippen molar-refractivity contribution in [2.75, 3.05) is 5.32 Å². The molecule has 1 amide bonds. The molecule has 3 aromatic rings. The van der Waals surface area contributed by atoms with Crippen molar-refractivity contribution in [3.63, 3.8) is 0 Å². The summed E-state index contributed by atoms with van der Waals surface area (Å²) in [6.07, 6.45) is 0. The number of hydrogen-bond acceptors (Lipinski definition) is 5. The van der Waals surface area contributed by atoms with Gasteiger partial charge in [-0.15, -0.1) is 0 Å². The Labute approximate surface area is 170 Å². The molecule has 7 nitrogen and oxygen atoms in total. The van der Waals surface area contributed by atoms with Gasteiger partial charge in [0.05, 0.1) is 0 Å². The maximum Gasteiger partial charge on any atom is 0.193 e. The zero-order valence-corrected chi connectivity index (χ0v) is 17.4. The van der Waals surface area contributed by atoms with Gasteiger partial charge in [0.1, 0.15) is 0 Å². The molecule has 0 saturated heterocycles. The van der Waals surface area contributed by atoms with Gasteiger partial charge in [-0.25, -0.2) is 0 Å². The van der Waals surface area contributed by atoms with Crippen molar-refractivity contribution in [2.24, 2.45) is 0 Å². The maximum absolute atomic E-state index is 11.8. The molecule has 0 aliphatic carbocycles. The van der Waals surface area contributed by atoms with E-state index >= 15 is 0 Å². The third kappa shape index (κ3) is 6.55. The first-order chi connectivity index (χ1) is 13.8. The third-order valence-corrected chi connectivity index (χ3v) is 6.26. The fraction of sp³-hybridized carbons (Fsp3) is 0.0476. The van der Waals surface area contributed by atoms with E-state index in [2.05, 4.69) is 9.19 Å². The molecular formula is C21H20AsNO6. The molecule has 1 unspecified atom stereocenters. The molecule has 150 valence electrons. The number of hydrogen-bond donors (Lipinski definition) is 3. The Morgan fingerprint density at radius 1 is 0.828 bits per heavy atom. The van der Waals surface area contributed by atoms with Gasteiger partial charge >= 0.3 is 88.4 Å². The second kappa shape index (κ2) is 10.5. The van der Waals surface area contributed by atoms with Crippen molar-refractivity contribution in [2.45, 2.75) is 6.92 Å². The van der Waals surface area contributed by atoms with E-state index in [0.717, 1.165) is 11.1 Å². The van der Waals surface area contributed by atoms with Crippen LogP contribution in [0.25, 0.3) is 0 Å². The smallest absolute Gasteiger partial charge is 0.193 e. The molecule has 0 bridgehead atoms. The van der Waals surface area contributed by atoms with Crippen molar-refractivity contribution in [1.29, 1.82) is 0 Å². The summed E-state index contributed by atoms with van der Waals surface area (Å²) in [6, 6.07) is 24.4. The molecule has 0 radical (unpaired) electrons. The van der Waals surface area contributed by atoms with Crippen LogP contribution in [0.1, 0.15) is 22.8 Å². The molecule has 0 saturated carbocycles. The third-order valence-electron chi connectivity index (χ3n) is 3.70. The Morgan fingerprint density at radius 3 is 1.72 bits per heavy atom. The number of carbonyl (C=O) groups is 2. The van der Waals surface area contributed by atoms with Gasteiger partial charge in [0, 0.05) is 11.1 Å². The van der Waals surface area contributed by atoms with E-state index in [0.29, 0.717) is 0 Å². The van der Waals surface area contributed by atoms with Gasteiger partial charge in [-0.2, -0.15) is 0 Å². The number of anilines is 1. The number of amides is 1. The maximum atomic E-state index is 11.8. The summed E-state index contributed by atoms with van der Waals surface area (Å²) >= 11 is -4.92. The Morgan fingerprint density at radius 2 is 1.28 bits per heavy atom. The summed E-state index contributed by atoms with van der Waals surface area (Å²) in [6.45, 7) is 1.27. The Kier molecular flexibility index (Phi) is 8.12. The van der Waals surface area contributed by atoms with Gasteiger partial charge in [0.2, 0.25) is 0 Å². The van der Waals surface area contributed by atoms with Gasteiger partial charge in [0.15, 0.2) is 5.78 Å². The Bertz CT molecular complexity index is 966. The predicted molar refractivity (Wildman–Crippen MR) is 109 cm³/mol. The Balaban J connectivity index is 0.000000207. The summed E-state index contributed by atoms with van der Waals surface area (Å²) < 4.78 is 24.1. The second-order valence-electron chi connectivity index (χ2n) is 5.86. The van der Waals surface area contributed by atoms with Crippen LogP contribution in [-0.4, -0.2) is 35.2 Å². The Hall–Kier alpha value is -2.96. The standard InChI is InChI=1S/C13H10O.C8H10AsNO5/c14-13(11-7-3-1-4-8-11)12-9-5-2-6-10-12;1-6(11)10-8-5-3-2-4-7(8)9(12,13)15-14/h1-10H;2-5,14H,1H3,(H,10,11)(H,12,13). The molecular weight excluding hydrogens is 437 g/mol. The molecule has 1 atom stereocenters. The van der Waals surface area contributed by atoms with Gasteiger partial charge in [-0.3, -0.25) is 4.79 Å². The average molecular weight is 457 g/mol. The zero-order valence-electron chi connectivity index (χ0n) is 15.6. The number of carbonyl (C=O) groups excluding carboxylic acids is 2. The van der Waals surface area contributed by atoms with Crippen LogP contribution in [0.2, 0.25) is 0 Å². The van der Waals surface area contributed by atoms with Gasteiger partial charge in [-0.05, 0) is 0 Å². The van der Waals surface area contributed by atoms with E-state index in [9.17, 15) is 17.4 Å². The van der Waals surface area contributed by atoms with E-state index in [1.165, 1.54) is 25.1 Å². The minimum Gasteiger partial charge on any atom is -0.289 e. The van der Waals surface area contributed by atoms with Crippen LogP contribution in [0.4, 0.5) is 5.69 Å². The van der Waals surface area contributed by atoms with E-state index in [1.807, 2.05) is 60.7 Å². The molecule has 0 heterocycles. The van der Waals surface area contributed by atoms with E-state index < -0.39 is 14.2 Å². The van der Waals surface area contributed by atoms with Crippen LogP contribution in [-0.2, 0) is 12.4 Å². The molecule has 3 N–H and O–H groups in total. The summed E-state index contributed by atoms with van der Waals surface area (Å²) in [5, 5.41) is 10.7. The first-order valence-corrected chi connectivity index (χ1v) is 11.8. The normalized spacial score (nSPS) is 12.1. The topological polar surface area (TPSA) is 113 Å². The molecule has 0 aliphatic heterocycles. The SMILES string of the molecule is CC(=O)Nc1ccccc1[As](=O)(O)OO.O=C(c1ccccc1)c1ccccc1. The van der Waals surface area contributed by atoms with Crippen molar-refractivity contribution in [1.82, 2.24) is 0 Å². The fourth-order valence-corrected chi connectivity index (χ4v) is 4.08. The minimum atomic E-state index is -4.92. The molecule has 3 aromatic carbocycles. The van der Waals surface area contributed by atoms with Crippen LogP contribution in [0, 0.1) is 0 Å². The predicted octanol–water partition coefficient (Wildman–Crippen LogP) is 2.62. The van der Waals surface area contributed by atoms with Gasteiger partial charge in [-0.1, -0.05) is 60.7 Å². The largest absolute Gasteiger partial charge is 0.289 e. The van der Waals surface area contributed by atoms with E-state index in [1.54, 1.807) is 6.07 Å². The molecule has 0 spiro atoms. The van der Waals surface area contributed by atoms with Crippen molar-refractivity contribution >= 4 is 35.9 Å². The number of nitrogens with one attached hydrogen (secondary N) is 1. The first kappa shape index (κ1) is 22.3. The van der Waals surface area contributed by atoms with Crippen LogP contribution in [0.5, 0.6) is 0 Å². The second-order valence-corrected chi connectivity index (χ2v) is 9.40. The van der Waals surface area contributed by atoms with Crippen molar-refractivity contribution < 1.29 is 26.6 Å². The fourth-order valence-electron chi connectivity index (χ4n) is 2.41. The number of rotatable bonds is 5. The average Bonchev–Trinajstić information content (AvgIpc) is 2.75. The van der Waals surface area contributed by atoms with Crippen LogP contribution < -0.4 is 9.67 Å². The van der Waals surface area contributed by atoms with Crippen molar-refractivity contribution in [3.05, 3.63) is 96.1 Å². The molecule has 0 fully saturated rings. The zero-order chi connectivity index (χ0) is 21.3. The molecule has 0 aromatic heterocycles. The monoisotopic (exact) mass is 457 g/mol. The minimum absolute atomic E-state index is 0.0752. The number of para-hydroxylation sites is 1. The molecule has 0 aliphatic rings. The summed E-state index contributed by atoms with van der Waals surface area (Å²) in [4.78, 5) is 22.6. The van der Waals surface area contributed by atoms with Crippen molar-refractivity contribution in [3.8, 4) is 0 Å². The first-order valence-electron chi connectivity index (χ1n) is 8.53. The number of benzene rings is 3. The summed E-state index contributed by atoms with van der Waals surface area (Å²) in [7, 11) is 0. The van der Waals surface area contributed by atoms with Gasteiger partial charge < -0.3 is 0 Å². The molecule has 29 heavy (non-hydrogen) atoms. The van der Waals surface area contributed by atoms with Gasteiger partial charge in [0.25, 0.3) is 0 Å². The number of ketones is 1. The summed E-state index contributed by atoms with van der Waals surface area (Å²) in [5.41, 5.74) is 1.63. The van der Waals surface area contributed by atoms with Crippen LogP contribution in [0.15, 0.2) is 84.9 Å². The molecule has 8 heteroatoms. The van der Waals surface area contributed by atoms with E-state index in [4.69, 9.17) is 5.26 Å². The van der Waals surface area contributed by atoms with E-state index in [-0.39, 0.29) is 21.7 Å². The molecule has 3 rings (SSSR count). The summed E-state index contributed by atoms with van der Waals surface area (Å²) in [5.74, 6) is -0.304.